The number of carbonyl (C=O) groups is 1. The van der Waals surface area contributed by atoms with Gasteiger partial charge in [0.1, 0.15) is 10.5 Å². The lowest BCUT2D eigenvalue weighted by molar-refractivity contribution is -0.384. The van der Waals surface area contributed by atoms with Gasteiger partial charge < -0.3 is 9.73 Å². The van der Waals surface area contributed by atoms with Gasteiger partial charge in [0.15, 0.2) is 17.2 Å². The highest BCUT2D eigenvalue weighted by molar-refractivity contribution is 6.33. The zero-order valence-electron chi connectivity index (χ0n) is 16.3. The van der Waals surface area contributed by atoms with Crippen molar-refractivity contribution in [2.24, 2.45) is 0 Å². The summed E-state index contributed by atoms with van der Waals surface area (Å²) in [5.41, 5.74) is 1.30. The predicted octanol–water partition coefficient (Wildman–Crippen LogP) is 6.64. The molecule has 0 fully saturated rings. The number of amides is 1. The maximum Gasteiger partial charge on any atom is 0.288 e. The van der Waals surface area contributed by atoms with Crippen LogP contribution in [0, 0.1) is 21.7 Å². The molecular formula is C22H11Cl2F2N3O4. The second-order valence-corrected chi connectivity index (χ2v) is 7.55. The van der Waals surface area contributed by atoms with Crippen LogP contribution in [0.4, 0.5) is 20.2 Å². The highest BCUT2D eigenvalue weighted by atomic mass is 35.5. The second kappa shape index (κ2) is 8.97. The fourth-order valence-corrected chi connectivity index (χ4v) is 3.35. The van der Waals surface area contributed by atoms with Crippen LogP contribution in [0.5, 0.6) is 0 Å². The van der Waals surface area contributed by atoms with Gasteiger partial charge in [-0.25, -0.2) is 13.8 Å². The van der Waals surface area contributed by atoms with Crippen molar-refractivity contribution in [2.45, 2.75) is 0 Å². The summed E-state index contributed by atoms with van der Waals surface area (Å²) in [5.74, 6) is -2.70. The molecule has 1 N–H and O–H groups in total. The average Bonchev–Trinajstić information content (AvgIpc) is 3.18. The number of hydrogen-bond donors (Lipinski definition) is 1. The highest BCUT2D eigenvalue weighted by Gasteiger charge is 2.16. The van der Waals surface area contributed by atoms with E-state index in [0.717, 1.165) is 12.1 Å². The number of aromatic nitrogens is 1. The van der Waals surface area contributed by atoms with Crippen molar-refractivity contribution >= 4 is 57.7 Å². The van der Waals surface area contributed by atoms with E-state index in [4.69, 9.17) is 27.6 Å². The number of hydrogen-bond acceptors (Lipinski definition) is 5. The van der Waals surface area contributed by atoms with Crippen LogP contribution in [-0.4, -0.2) is 15.8 Å². The largest absolute Gasteiger partial charge is 0.436 e. The molecule has 1 heterocycles. The normalized spacial score (nSPS) is 11.3. The molecule has 0 atom stereocenters. The molecule has 0 aliphatic heterocycles. The van der Waals surface area contributed by atoms with Crippen LogP contribution in [0.25, 0.3) is 28.6 Å². The number of carbonyl (C=O) groups excluding carboxylic acids is 1. The topological polar surface area (TPSA) is 98.3 Å². The molecule has 166 valence electrons. The van der Waals surface area contributed by atoms with Crippen molar-refractivity contribution in [3.05, 3.63) is 92.0 Å². The Morgan fingerprint density at radius 3 is 2.58 bits per heavy atom. The smallest absolute Gasteiger partial charge is 0.288 e. The van der Waals surface area contributed by atoms with Crippen molar-refractivity contribution in [2.75, 3.05) is 5.32 Å². The van der Waals surface area contributed by atoms with Gasteiger partial charge in [-0.3, -0.25) is 14.9 Å². The molecule has 0 aliphatic rings. The number of anilines is 1. The minimum atomic E-state index is -1.09. The summed E-state index contributed by atoms with van der Waals surface area (Å²) in [4.78, 5) is 26.8. The molecule has 0 bridgehead atoms. The molecule has 11 heteroatoms. The molecule has 7 nitrogen and oxygen atoms in total. The molecule has 0 spiro atoms. The molecule has 0 saturated carbocycles. The summed E-state index contributed by atoms with van der Waals surface area (Å²) in [7, 11) is 0. The number of nitrogens with zero attached hydrogens (tertiary/aromatic N) is 2. The Morgan fingerprint density at radius 1 is 1.06 bits per heavy atom. The van der Waals surface area contributed by atoms with Gasteiger partial charge >= 0.3 is 0 Å². The molecule has 0 radical (unpaired) electrons. The molecule has 1 amide bonds. The zero-order chi connectivity index (χ0) is 23.7. The van der Waals surface area contributed by atoms with Crippen LogP contribution in [0.15, 0.2) is 59.0 Å². The van der Waals surface area contributed by atoms with Crippen molar-refractivity contribution in [3.8, 4) is 11.5 Å². The van der Waals surface area contributed by atoms with E-state index in [2.05, 4.69) is 10.3 Å². The van der Waals surface area contributed by atoms with Crippen molar-refractivity contribution in [3.63, 3.8) is 0 Å². The van der Waals surface area contributed by atoms with Crippen LogP contribution >= 0.6 is 23.2 Å². The first-order chi connectivity index (χ1) is 15.7. The summed E-state index contributed by atoms with van der Waals surface area (Å²) < 4.78 is 32.5. The van der Waals surface area contributed by atoms with Gasteiger partial charge in [0.25, 0.3) is 5.69 Å². The summed E-state index contributed by atoms with van der Waals surface area (Å²) in [6.07, 6.45) is 2.60. The van der Waals surface area contributed by atoms with Gasteiger partial charge in [-0.2, -0.15) is 0 Å². The molecular weight excluding hydrogens is 479 g/mol. The molecule has 0 aliphatic carbocycles. The lowest BCUT2D eigenvalue weighted by Gasteiger charge is -2.01. The third-order valence-electron chi connectivity index (χ3n) is 4.49. The first kappa shape index (κ1) is 22.4. The number of halogens is 4. The maximum atomic E-state index is 13.6. The number of nitro groups is 1. The quantitative estimate of drug-likeness (QED) is 0.146. The standard InChI is InChI=1S/C22H11Cl2F2N3O4/c23-14-4-1-11(7-19(14)29(31)32)2-6-21(30)27-12-3-5-20-18(8-12)28-22(33-20)13-9-16(25)17(26)10-15(13)24/h1-10H,(H,27,30)/b6-2+. The van der Waals surface area contributed by atoms with E-state index in [-0.39, 0.29) is 27.2 Å². The Hall–Kier alpha value is -3.82. The van der Waals surface area contributed by atoms with Gasteiger partial charge in [0.2, 0.25) is 11.8 Å². The number of rotatable bonds is 5. The Kier molecular flexibility index (Phi) is 6.08. The van der Waals surface area contributed by atoms with Gasteiger partial charge in [0.05, 0.1) is 15.5 Å². The van der Waals surface area contributed by atoms with E-state index >= 15 is 0 Å². The number of fused-ring (bicyclic) bond motifs is 1. The van der Waals surface area contributed by atoms with Crippen molar-refractivity contribution in [1.82, 2.24) is 4.98 Å². The maximum absolute atomic E-state index is 13.6. The minimum absolute atomic E-state index is 0.00783. The summed E-state index contributed by atoms with van der Waals surface area (Å²) >= 11 is 11.7. The number of nitro benzene ring substituents is 1. The van der Waals surface area contributed by atoms with E-state index in [1.165, 1.54) is 36.4 Å². The minimum Gasteiger partial charge on any atom is -0.436 e. The monoisotopic (exact) mass is 489 g/mol. The fraction of sp³-hybridized carbons (Fsp3) is 0. The van der Waals surface area contributed by atoms with E-state index in [0.29, 0.717) is 22.4 Å². The molecule has 3 aromatic carbocycles. The Bertz CT molecular complexity index is 1450. The summed E-state index contributed by atoms with van der Waals surface area (Å²) in [5, 5.41) is 13.5. The second-order valence-electron chi connectivity index (χ2n) is 6.74. The van der Waals surface area contributed by atoms with Gasteiger partial charge in [-0.1, -0.05) is 29.3 Å². The fourth-order valence-electron chi connectivity index (χ4n) is 2.94. The van der Waals surface area contributed by atoms with Crippen LogP contribution in [0.1, 0.15) is 5.56 Å². The summed E-state index contributed by atoms with van der Waals surface area (Å²) in [6.45, 7) is 0. The summed E-state index contributed by atoms with van der Waals surface area (Å²) in [6, 6.07) is 10.5. The first-order valence-electron chi connectivity index (χ1n) is 9.20. The molecule has 1 aromatic heterocycles. The number of oxazole rings is 1. The first-order valence-corrected chi connectivity index (χ1v) is 9.95. The van der Waals surface area contributed by atoms with Crippen molar-refractivity contribution in [1.29, 1.82) is 0 Å². The van der Waals surface area contributed by atoms with E-state index in [9.17, 15) is 23.7 Å². The molecule has 4 rings (SSSR count). The predicted molar refractivity (Wildman–Crippen MR) is 120 cm³/mol. The van der Waals surface area contributed by atoms with Crippen molar-refractivity contribution < 1.29 is 22.9 Å². The molecule has 33 heavy (non-hydrogen) atoms. The molecule has 0 saturated heterocycles. The zero-order valence-corrected chi connectivity index (χ0v) is 17.8. The Labute approximate surface area is 194 Å². The Morgan fingerprint density at radius 2 is 1.82 bits per heavy atom. The Balaban J connectivity index is 1.53. The van der Waals surface area contributed by atoms with Gasteiger partial charge in [-0.15, -0.1) is 0 Å². The SMILES string of the molecule is O=C(/C=C/c1ccc(Cl)c([N+](=O)[O-])c1)Nc1ccc2oc(-c3cc(F)c(F)cc3Cl)nc2c1. The third kappa shape index (κ3) is 4.84. The van der Waals surface area contributed by atoms with Gasteiger partial charge in [0, 0.05) is 17.8 Å². The third-order valence-corrected chi connectivity index (χ3v) is 5.12. The number of nitrogens with one attached hydrogen (secondary N) is 1. The van der Waals surface area contributed by atoms with Gasteiger partial charge in [-0.05, 0) is 48.0 Å². The van der Waals surface area contributed by atoms with Crippen LogP contribution in [-0.2, 0) is 4.79 Å². The lowest BCUT2D eigenvalue weighted by atomic mass is 10.2. The van der Waals surface area contributed by atoms with Crippen LogP contribution in [0.3, 0.4) is 0 Å². The average molecular weight is 490 g/mol. The molecule has 4 aromatic rings. The van der Waals surface area contributed by atoms with Crippen LogP contribution in [0.2, 0.25) is 10.0 Å². The van der Waals surface area contributed by atoms with E-state index < -0.39 is 22.5 Å². The lowest BCUT2D eigenvalue weighted by Crippen LogP contribution is -2.07. The van der Waals surface area contributed by atoms with E-state index in [1.807, 2.05) is 0 Å². The number of benzene rings is 3. The van der Waals surface area contributed by atoms with E-state index in [1.54, 1.807) is 12.1 Å². The van der Waals surface area contributed by atoms with Crippen LogP contribution < -0.4 is 5.32 Å². The molecule has 0 unspecified atom stereocenters. The highest BCUT2D eigenvalue weighted by Crippen LogP contribution is 2.32.